The molecule has 0 fully saturated rings. The van der Waals surface area contributed by atoms with E-state index in [0.29, 0.717) is 17.0 Å². The summed E-state index contributed by atoms with van der Waals surface area (Å²) in [7, 11) is 0. The van der Waals surface area contributed by atoms with Crippen molar-refractivity contribution in [3.05, 3.63) is 64.2 Å². The molecule has 0 heterocycles. The van der Waals surface area contributed by atoms with E-state index in [-0.39, 0.29) is 11.6 Å². The molecular weight excluding hydrogens is 310 g/mol. The van der Waals surface area contributed by atoms with Gasteiger partial charge in [0.1, 0.15) is 0 Å². The van der Waals surface area contributed by atoms with E-state index in [2.05, 4.69) is 10.3 Å². The van der Waals surface area contributed by atoms with Crippen molar-refractivity contribution in [3.8, 4) is 11.1 Å². The third-order valence-corrected chi connectivity index (χ3v) is 3.89. The quantitative estimate of drug-likeness (QED) is 0.375. The molecule has 0 aliphatic rings. The van der Waals surface area contributed by atoms with Gasteiger partial charge in [0.25, 0.3) is 5.69 Å². The summed E-state index contributed by atoms with van der Waals surface area (Å²) in [6.45, 7) is 3.41. The van der Waals surface area contributed by atoms with Crippen LogP contribution in [0.25, 0.3) is 11.1 Å². The SMILES string of the molecule is C/C(=N\O)C(C)/C(=N/O)c1ccc(-c2ccc([N+](=O)[O-])cc2)cc1. The molecule has 0 spiro atoms. The minimum absolute atomic E-state index is 0.0395. The number of nitrogens with zero attached hydrogens (tertiary/aromatic N) is 3. The molecule has 0 amide bonds. The molecule has 2 aromatic rings. The Morgan fingerprint density at radius 3 is 1.92 bits per heavy atom. The van der Waals surface area contributed by atoms with Crippen molar-refractivity contribution in [1.82, 2.24) is 0 Å². The van der Waals surface area contributed by atoms with E-state index in [1.54, 1.807) is 38.1 Å². The Labute approximate surface area is 138 Å². The predicted octanol–water partition coefficient (Wildman–Crippen LogP) is 3.93. The summed E-state index contributed by atoms with van der Waals surface area (Å²) in [5.74, 6) is -0.342. The van der Waals surface area contributed by atoms with E-state index in [1.165, 1.54) is 12.1 Å². The normalized spacial score (nSPS) is 13.6. The predicted molar refractivity (Wildman–Crippen MR) is 90.9 cm³/mol. The van der Waals surface area contributed by atoms with E-state index in [1.807, 2.05) is 12.1 Å². The van der Waals surface area contributed by atoms with Gasteiger partial charge in [-0.3, -0.25) is 10.1 Å². The lowest BCUT2D eigenvalue weighted by Crippen LogP contribution is -2.20. The Kier molecular flexibility index (Phi) is 5.26. The van der Waals surface area contributed by atoms with E-state index in [4.69, 9.17) is 5.21 Å². The van der Waals surface area contributed by atoms with E-state index < -0.39 is 4.92 Å². The van der Waals surface area contributed by atoms with Crippen molar-refractivity contribution in [3.63, 3.8) is 0 Å². The minimum atomic E-state index is -0.441. The first-order chi connectivity index (χ1) is 11.5. The van der Waals surface area contributed by atoms with Gasteiger partial charge in [0.05, 0.1) is 16.3 Å². The van der Waals surface area contributed by atoms with Crippen molar-refractivity contribution in [2.45, 2.75) is 13.8 Å². The molecule has 2 rings (SSSR count). The zero-order valence-corrected chi connectivity index (χ0v) is 13.2. The van der Waals surface area contributed by atoms with Crippen molar-refractivity contribution < 1.29 is 15.3 Å². The van der Waals surface area contributed by atoms with Gasteiger partial charge in [-0.25, -0.2) is 0 Å². The molecule has 0 saturated carbocycles. The highest BCUT2D eigenvalue weighted by Crippen LogP contribution is 2.23. The average Bonchev–Trinajstić information content (AvgIpc) is 2.62. The van der Waals surface area contributed by atoms with Crippen LogP contribution < -0.4 is 0 Å². The maximum Gasteiger partial charge on any atom is 0.269 e. The number of oxime groups is 2. The van der Waals surface area contributed by atoms with Crippen molar-refractivity contribution in [1.29, 1.82) is 0 Å². The molecular formula is C17H17N3O4. The largest absolute Gasteiger partial charge is 0.411 e. The summed E-state index contributed by atoms with van der Waals surface area (Å²) in [4.78, 5) is 10.2. The first kappa shape index (κ1) is 17.1. The third-order valence-electron chi connectivity index (χ3n) is 3.89. The first-order valence-electron chi connectivity index (χ1n) is 7.23. The van der Waals surface area contributed by atoms with Crippen LogP contribution in [0.1, 0.15) is 19.4 Å². The molecule has 1 unspecified atom stereocenters. The van der Waals surface area contributed by atoms with E-state index in [9.17, 15) is 15.3 Å². The number of hydrogen-bond acceptors (Lipinski definition) is 6. The van der Waals surface area contributed by atoms with Crippen LogP contribution in [0, 0.1) is 16.0 Å². The fourth-order valence-electron chi connectivity index (χ4n) is 2.29. The average molecular weight is 327 g/mol. The number of hydrogen-bond donors (Lipinski definition) is 2. The van der Waals surface area contributed by atoms with Crippen molar-refractivity contribution in [2.75, 3.05) is 0 Å². The number of benzene rings is 2. The van der Waals surface area contributed by atoms with Crippen LogP contribution in [0.15, 0.2) is 58.8 Å². The van der Waals surface area contributed by atoms with Crippen molar-refractivity contribution >= 4 is 17.1 Å². The summed E-state index contributed by atoms with van der Waals surface area (Å²) < 4.78 is 0. The Morgan fingerprint density at radius 2 is 1.50 bits per heavy atom. The summed E-state index contributed by atoms with van der Waals surface area (Å²) >= 11 is 0. The maximum atomic E-state index is 10.7. The molecule has 124 valence electrons. The number of non-ortho nitro benzene ring substituents is 1. The summed E-state index contributed by atoms with van der Waals surface area (Å²) in [6, 6.07) is 13.5. The second-order valence-electron chi connectivity index (χ2n) is 5.33. The lowest BCUT2D eigenvalue weighted by molar-refractivity contribution is -0.384. The minimum Gasteiger partial charge on any atom is -0.411 e. The van der Waals surface area contributed by atoms with Gasteiger partial charge in [-0.15, -0.1) is 0 Å². The lowest BCUT2D eigenvalue weighted by atomic mass is 9.93. The molecule has 0 aliphatic heterocycles. The van der Waals surface area contributed by atoms with Crippen molar-refractivity contribution in [2.24, 2.45) is 16.2 Å². The first-order valence-corrected chi connectivity index (χ1v) is 7.23. The molecule has 0 aromatic heterocycles. The number of nitro groups is 1. The van der Waals surface area contributed by atoms with Crippen LogP contribution in [0.2, 0.25) is 0 Å². The standard InChI is InChI=1S/C17H17N3O4/c1-11(12(2)18-21)17(19-22)15-5-3-13(4-6-15)14-7-9-16(10-8-14)20(23)24/h3-11,21-22H,1-2H3/b18-12+,19-17-. The lowest BCUT2D eigenvalue weighted by Gasteiger charge is -2.12. The van der Waals surface area contributed by atoms with Crippen LogP contribution in [-0.2, 0) is 0 Å². The number of rotatable bonds is 5. The molecule has 24 heavy (non-hydrogen) atoms. The molecule has 0 saturated heterocycles. The molecule has 2 N–H and O–H groups in total. The number of nitro benzene ring substituents is 1. The second-order valence-corrected chi connectivity index (χ2v) is 5.33. The van der Waals surface area contributed by atoms with Gasteiger partial charge in [-0.05, 0) is 30.2 Å². The fraction of sp³-hybridized carbons (Fsp3) is 0.176. The fourth-order valence-corrected chi connectivity index (χ4v) is 2.29. The second kappa shape index (κ2) is 7.36. The summed E-state index contributed by atoms with van der Waals surface area (Å²) in [5.41, 5.74) is 3.28. The van der Waals surface area contributed by atoms with Crippen LogP contribution >= 0.6 is 0 Å². The van der Waals surface area contributed by atoms with Gasteiger partial charge in [0.2, 0.25) is 0 Å². The Hall–Kier alpha value is -3.22. The zero-order valence-electron chi connectivity index (χ0n) is 13.2. The monoisotopic (exact) mass is 327 g/mol. The van der Waals surface area contributed by atoms with Crippen LogP contribution in [0.4, 0.5) is 5.69 Å². The molecule has 1 atom stereocenters. The molecule has 2 aromatic carbocycles. The van der Waals surface area contributed by atoms with Gasteiger partial charge in [0.15, 0.2) is 0 Å². The summed E-state index contributed by atoms with van der Waals surface area (Å²) in [6.07, 6.45) is 0. The van der Waals surface area contributed by atoms with Gasteiger partial charge >= 0.3 is 0 Å². The maximum absolute atomic E-state index is 10.7. The van der Waals surface area contributed by atoms with Gasteiger partial charge in [0, 0.05) is 23.6 Å². The zero-order chi connectivity index (χ0) is 17.7. The molecule has 0 aliphatic carbocycles. The highest BCUT2D eigenvalue weighted by Gasteiger charge is 2.17. The van der Waals surface area contributed by atoms with Gasteiger partial charge in [-0.1, -0.05) is 41.5 Å². The highest BCUT2D eigenvalue weighted by molar-refractivity contribution is 6.14. The summed E-state index contributed by atoms with van der Waals surface area (Å²) in [5, 5.41) is 35.2. The topological polar surface area (TPSA) is 108 Å². The van der Waals surface area contributed by atoms with Gasteiger partial charge in [-0.2, -0.15) is 0 Å². The van der Waals surface area contributed by atoms with Gasteiger partial charge < -0.3 is 10.4 Å². The van der Waals surface area contributed by atoms with E-state index in [0.717, 1.165) is 11.1 Å². The third kappa shape index (κ3) is 3.57. The smallest absolute Gasteiger partial charge is 0.269 e. The molecule has 7 nitrogen and oxygen atoms in total. The Bertz CT molecular complexity index is 780. The highest BCUT2D eigenvalue weighted by atomic mass is 16.6. The van der Waals surface area contributed by atoms with Crippen LogP contribution in [0.5, 0.6) is 0 Å². The molecule has 0 radical (unpaired) electrons. The van der Waals surface area contributed by atoms with Crippen LogP contribution in [-0.4, -0.2) is 26.8 Å². The molecule has 0 bridgehead atoms. The Morgan fingerprint density at radius 1 is 1.00 bits per heavy atom. The van der Waals surface area contributed by atoms with Crippen LogP contribution in [0.3, 0.4) is 0 Å². The Balaban J connectivity index is 2.28. The molecule has 7 heteroatoms. The van der Waals surface area contributed by atoms with E-state index >= 15 is 0 Å².